The van der Waals surface area contributed by atoms with Gasteiger partial charge in [-0.1, -0.05) is 6.07 Å². The van der Waals surface area contributed by atoms with Crippen LogP contribution < -0.4 is 9.44 Å². The zero-order valence-corrected chi connectivity index (χ0v) is 13.7. The number of hydrogen-bond acceptors (Lipinski definition) is 5. The van der Waals surface area contributed by atoms with Crippen LogP contribution in [0.4, 0.5) is 0 Å². The topological polar surface area (TPSA) is 113 Å². The van der Waals surface area contributed by atoms with E-state index in [9.17, 15) is 21.6 Å². The van der Waals surface area contributed by atoms with Gasteiger partial charge in [-0.2, -0.15) is 0 Å². The van der Waals surface area contributed by atoms with E-state index in [1.165, 1.54) is 30.1 Å². The quantitative estimate of drug-likeness (QED) is 0.717. The summed E-state index contributed by atoms with van der Waals surface area (Å²) in [7, 11) is -4.79. The number of benzene rings is 1. The minimum atomic E-state index is -3.90. The number of likely N-dealkylation sites (tertiary alicyclic amines) is 1. The molecule has 1 saturated heterocycles. The van der Waals surface area contributed by atoms with Gasteiger partial charge in [0.1, 0.15) is 0 Å². The Balaban J connectivity index is 2.27. The second kappa shape index (κ2) is 5.95. The summed E-state index contributed by atoms with van der Waals surface area (Å²) in [6, 6.07) is 4.52. The van der Waals surface area contributed by atoms with Crippen LogP contribution in [0.3, 0.4) is 0 Å². The maximum atomic E-state index is 12.3. The normalized spacial score (nSPS) is 19.6. The van der Waals surface area contributed by atoms with Gasteiger partial charge in [-0.25, -0.2) is 26.3 Å². The van der Waals surface area contributed by atoms with Gasteiger partial charge in [0.15, 0.2) is 0 Å². The molecule has 2 N–H and O–H groups in total. The number of sulfonamides is 2. The van der Waals surface area contributed by atoms with Crippen molar-refractivity contribution in [2.24, 2.45) is 0 Å². The second-order valence-corrected chi connectivity index (χ2v) is 8.58. The first-order valence-corrected chi connectivity index (χ1v) is 9.42. The third kappa shape index (κ3) is 3.46. The van der Waals surface area contributed by atoms with Crippen LogP contribution in [0.5, 0.6) is 0 Å². The van der Waals surface area contributed by atoms with E-state index in [-0.39, 0.29) is 28.7 Å². The zero-order valence-electron chi connectivity index (χ0n) is 12.1. The molecule has 1 heterocycles. The minimum absolute atomic E-state index is 0.0875. The molecule has 1 aromatic rings. The van der Waals surface area contributed by atoms with Crippen molar-refractivity contribution in [3.63, 3.8) is 0 Å². The van der Waals surface area contributed by atoms with Crippen molar-refractivity contribution in [1.29, 1.82) is 0 Å². The molecule has 1 aliphatic rings. The Hall–Kier alpha value is -1.49. The fourth-order valence-electron chi connectivity index (χ4n) is 2.16. The molecule has 0 saturated carbocycles. The van der Waals surface area contributed by atoms with Gasteiger partial charge in [0.25, 0.3) is 0 Å². The van der Waals surface area contributed by atoms with Gasteiger partial charge < -0.3 is 4.90 Å². The van der Waals surface area contributed by atoms with Crippen molar-refractivity contribution < 1.29 is 21.6 Å². The molecule has 0 bridgehead atoms. The maximum Gasteiger partial charge on any atom is 0.240 e. The van der Waals surface area contributed by atoms with Crippen LogP contribution in [0.1, 0.15) is 6.42 Å². The highest BCUT2D eigenvalue weighted by molar-refractivity contribution is 7.90. The molecule has 10 heteroatoms. The molecule has 2 rings (SSSR count). The van der Waals surface area contributed by atoms with Crippen LogP contribution >= 0.6 is 0 Å². The lowest BCUT2D eigenvalue weighted by molar-refractivity contribution is -0.126. The third-order valence-corrected chi connectivity index (χ3v) is 6.29. The molecule has 0 aliphatic carbocycles. The number of rotatable bonds is 5. The Morgan fingerprint density at radius 3 is 2.23 bits per heavy atom. The summed E-state index contributed by atoms with van der Waals surface area (Å²) < 4.78 is 52.6. The number of carbonyl (C=O) groups is 1. The molecule has 1 fully saturated rings. The summed E-state index contributed by atoms with van der Waals surface area (Å²) >= 11 is 0. The first kappa shape index (κ1) is 16.9. The predicted molar refractivity (Wildman–Crippen MR) is 79.1 cm³/mol. The Morgan fingerprint density at radius 1 is 1.14 bits per heavy atom. The predicted octanol–water partition coefficient (Wildman–Crippen LogP) is -0.896. The molecule has 1 aliphatic heterocycles. The highest BCUT2D eigenvalue weighted by Gasteiger charge is 2.30. The van der Waals surface area contributed by atoms with Crippen LogP contribution in [-0.2, 0) is 24.8 Å². The molecular weight excluding hydrogens is 330 g/mol. The van der Waals surface area contributed by atoms with Gasteiger partial charge in [0.2, 0.25) is 26.0 Å². The average Bonchev–Trinajstić information content (AvgIpc) is 2.76. The first-order chi connectivity index (χ1) is 10.2. The van der Waals surface area contributed by atoms with Crippen molar-refractivity contribution in [2.45, 2.75) is 22.3 Å². The van der Waals surface area contributed by atoms with E-state index < -0.39 is 26.1 Å². The molecule has 8 nitrogen and oxygen atoms in total. The average molecular weight is 347 g/mol. The number of nitrogens with zero attached hydrogens (tertiary/aromatic N) is 1. The van der Waals surface area contributed by atoms with Crippen LogP contribution in [0.25, 0.3) is 0 Å². The Labute approximate surface area is 129 Å². The lowest BCUT2D eigenvalue weighted by atomic mass is 10.3. The lowest BCUT2D eigenvalue weighted by Crippen LogP contribution is -2.36. The number of likely N-dealkylation sites (N-methyl/N-ethyl adjacent to an activating group) is 1. The van der Waals surface area contributed by atoms with E-state index >= 15 is 0 Å². The van der Waals surface area contributed by atoms with E-state index in [0.717, 1.165) is 6.07 Å². The van der Waals surface area contributed by atoms with Gasteiger partial charge in [-0.15, -0.1) is 0 Å². The number of nitrogens with one attached hydrogen (secondary N) is 2. The second-order valence-electron chi connectivity index (χ2n) is 4.98. The van der Waals surface area contributed by atoms with E-state index in [4.69, 9.17) is 0 Å². The molecule has 0 spiro atoms. The SMILES string of the molecule is CNS(=O)(=O)c1cccc(S(=O)(=O)NC2CC(=O)N(C)C2)c1. The van der Waals surface area contributed by atoms with Crippen molar-refractivity contribution in [1.82, 2.24) is 14.3 Å². The fourth-order valence-corrected chi connectivity index (χ4v) is 4.28. The standard InChI is InChI=1S/C12H17N3O5S2/c1-13-21(17,18)10-4-3-5-11(7-10)22(19,20)14-9-6-12(16)15(2)8-9/h3-5,7,9,13-14H,6,8H2,1-2H3. The van der Waals surface area contributed by atoms with E-state index in [0.29, 0.717) is 0 Å². The molecule has 0 aromatic heterocycles. The van der Waals surface area contributed by atoms with Crippen molar-refractivity contribution >= 4 is 26.0 Å². The largest absolute Gasteiger partial charge is 0.344 e. The van der Waals surface area contributed by atoms with Crippen molar-refractivity contribution in [3.8, 4) is 0 Å². The highest BCUT2D eigenvalue weighted by atomic mass is 32.2. The smallest absolute Gasteiger partial charge is 0.240 e. The Bertz CT molecular complexity index is 789. The summed E-state index contributed by atoms with van der Waals surface area (Å²) in [6.07, 6.45) is 0.0875. The Morgan fingerprint density at radius 2 is 1.73 bits per heavy atom. The lowest BCUT2D eigenvalue weighted by Gasteiger charge is -2.13. The summed E-state index contributed by atoms with van der Waals surface area (Å²) in [5.74, 6) is -0.140. The van der Waals surface area contributed by atoms with Crippen LogP contribution in [0, 0.1) is 0 Å². The monoisotopic (exact) mass is 347 g/mol. The van der Waals surface area contributed by atoms with E-state index in [2.05, 4.69) is 9.44 Å². The van der Waals surface area contributed by atoms with Gasteiger partial charge in [0.05, 0.1) is 9.79 Å². The molecule has 1 unspecified atom stereocenters. The maximum absolute atomic E-state index is 12.3. The molecular formula is C12H17N3O5S2. The number of carbonyl (C=O) groups excluding carboxylic acids is 1. The summed E-state index contributed by atoms with van der Waals surface area (Å²) in [4.78, 5) is 12.6. The van der Waals surface area contributed by atoms with Crippen LogP contribution in [0.2, 0.25) is 0 Å². The van der Waals surface area contributed by atoms with Gasteiger partial charge >= 0.3 is 0 Å². The molecule has 1 atom stereocenters. The molecule has 122 valence electrons. The van der Waals surface area contributed by atoms with Crippen LogP contribution in [-0.4, -0.2) is 54.3 Å². The van der Waals surface area contributed by atoms with Crippen molar-refractivity contribution in [2.75, 3.05) is 20.6 Å². The van der Waals surface area contributed by atoms with Crippen molar-refractivity contribution in [3.05, 3.63) is 24.3 Å². The van der Waals surface area contributed by atoms with E-state index in [1.54, 1.807) is 7.05 Å². The number of hydrogen-bond donors (Lipinski definition) is 2. The highest BCUT2D eigenvalue weighted by Crippen LogP contribution is 2.17. The molecule has 22 heavy (non-hydrogen) atoms. The summed E-state index contributed by atoms with van der Waals surface area (Å²) in [6.45, 7) is 0.284. The summed E-state index contributed by atoms with van der Waals surface area (Å²) in [5, 5.41) is 0. The summed E-state index contributed by atoms with van der Waals surface area (Å²) in [5.41, 5.74) is 0. The molecule has 1 amide bonds. The van der Waals surface area contributed by atoms with Gasteiger partial charge in [-0.05, 0) is 25.2 Å². The van der Waals surface area contributed by atoms with E-state index in [1.807, 2.05) is 0 Å². The third-order valence-electron chi connectivity index (χ3n) is 3.36. The van der Waals surface area contributed by atoms with Gasteiger partial charge in [-0.3, -0.25) is 4.79 Å². The number of amides is 1. The van der Waals surface area contributed by atoms with Crippen LogP contribution in [0.15, 0.2) is 34.1 Å². The van der Waals surface area contributed by atoms with Gasteiger partial charge in [0, 0.05) is 26.1 Å². The first-order valence-electron chi connectivity index (χ1n) is 6.45. The minimum Gasteiger partial charge on any atom is -0.344 e. The fraction of sp³-hybridized carbons (Fsp3) is 0.417. The Kier molecular flexibility index (Phi) is 4.57. The molecule has 1 aromatic carbocycles. The zero-order chi connectivity index (χ0) is 16.5. The molecule has 0 radical (unpaired) electrons.